The van der Waals surface area contributed by atoms with Crippen LogP contribution >= 0.6 is 0 Å². The van der Waals surface area contributed by atoms with E-state index >= 15 is 0 Å². The molecule has 0 aliphatic rings. The molecule has 2 aromatic carbocycles. The van der Waals surface area contributed by atoms with E-state index in [9.17, 15) is 4.79 Å². The predicted molar refractivity (Wildman–Crippen MR) is 96.7 cm³/mol. The monoisotopic (exact) mass is 340 g/mol. The van der Waals surface area contributed by atoms with Crippen LogP contribution in [0.2, 0.25) is 0 Å². The third-order valence-electron chi connectivity index (χ3n) is 3.27. The van der Waals surface area contributed by atoms with Gasteiger partial charge in [0.1, 0.15) is 12.4 Å². The first-order chi connectivity index (χ1) is 12.2. The Morgan fingerprint density at radius 2 is 1.84 bits per heavy atom. The molecule has 1 N–H and O–H groups in total. The van der Waals surface area contributed by atoms with E-state index < -0.39 is 0 Å². The summed E-state index contributed by atoms with van der Waals surface area (Å²) >= 11 is 0. The summed E-state index contributed by atoms with van der Waals surface area (Å²) in [5.41, 5.74) is 3.73. The molecule has 0 bridgehead atoms. The average molecular weight is 340 g/mol. The second-order valence-electron chi connectivity index (χ2n) is 4.94. The minimum absolute atomic E-state index is 0.313. The first-order valence-corrected chi connectivity index (χ1v) is 7.57. The highest BCUT2D eigenvalue weighted by atomic mass is 16.5. The maximum Gasteiger partial charge on any atom is 0.271 e. The van der Waals surface area contributed by atoms with Crippen LogP contribution in [0.4, 0.5) is 0 Å². The molecular formula is C19H20N2O4. The summed E-state index contributed by atoms with van der Waals surface area (Å²) in [6, 6.07) is 12.1. The van der Waals surface area contributed by atoms with Gasteiger partial charge in [-0.25, -0.2) is 5.43 Å². The second-order valence-corrected chi connectivity index (χ2v) is 4.94. The molecule has 0 fully saturated rings. The number of amides is 1. The van der Waals surface area contributed by atoms with Crippen molar-refractivity contribution in [2.24, 2.45) is 5.10 Å². The zero-order valence-corrected chi connectivity index (χ0v) is 14.2. The number of rotatable bonds is 8. The minimum atomic E-state index is -0.313. The van der Waals surface area contributed by atoms with Gasteiger partial charge in [0.15, 0.2) is 11.5 Å². The highest BCUT2D eigenvalue weighted by Gasteiger charge is 2.05. The Labute approximate surface area is 146 Å². The molecule has 0 aliphatic carbocycles. The van der Waals surface area contributed by atoms with Crippen molar-refractivity contribution >= 4 is 12.1 Å². The molecule has 6 heteroatoms. The fourth-order valence-electron chi connectivity index (χ4n) is 2.02. The number of hydrogen-bond acceptors (Lipinski definition) is 5. The van der Waals surface area contributed by atoms with Gasteiger partial charge in [0, 0.05) is 5.56 Å². The van der Waals surface area contributed by atoms with Gasteiger partial charge in [-0.05, 0) is 48.0 Å². The molecule has 0 aliphatic heterocycles. The number of benzene rings is 2. The average Bonchev–Trinajstić information content (AvgIpc) is 2.66. The third-order valence-corrected chi connectivity index (χ3v) is 3.27. The lowest BCUT2D eigenvalue weighted by atomic mass is 10.2. The first-order valence-electron chi connectivity index (χ1n) is 7.57. The van der Waals surface area contributed by atoms with Crippen LogP contribution in [0.5, 0.6) is 17.2 Å². The van der Waals surface area contributed by atoms with E-state index in [1.54, 1.807) is 56.7 Å². The summed E-state index contributed by atoms with van der Waals surface area (Å²) in [6.45, 7) is 4.00. The molecule has 0 atom stereocenters. The van der Waals surface area contributed by atoms with Crippen molar-refractivity contribution in [3.8, 4) is 17.2 Å². The highest BCUT2D eigenvalue weighted by molar-refractivity contribution is 5.95. The van der Waals surface area contributed by atoms with Crippen LogP contribution in [0.15, 0.2) is 60.2 Å². The molecule has 0 radical (unpaired) electrons. The standard InChI is InChI=1S/C19H20N2O4/c1-4-11-25-16-8-6-15(7-9-16)19(22)21-20-13-14-5-10-17(23-2)18(12-14)24-3/h4-10,12-13H,1,11H2,2-3H3,(H,21,22). The van der Waals surface area contributed by atoms with Crippen molar-refractivity contribution in [2.45, 2.75) is 0 Å². The Kier molecular flexibility index (Phi) is 6.59. The predicted octanol–water partition coefficient (Wildman–Crippen LogP) is 3.03. The van der Waals surface area contributed by atoms with Crippen molar-refractivity contribution < 1.29 is 19.0 Å². The summed E-state index contributed by atoms with van der Waals surface area (Å²) in [4.78, 5) is 12.1. The normalized spacial score (nSPS) is 10.3. The highest BCUT2D eigenvalue weighted by Crippen LogP contribution is 2.26. The molecule has 130 valence electrons. The van der Waals surface area contributed by atoms with Gasteiger partial charge in [0.25, 0.3) is 5.91 Å². The van der Waals surface area contributed by atoms with Gasteiger partial charge in [0.2, 0.25) is 0 Å². The lowest BCUT2D eigenvalue weighted by molar-refractivity contribution is 0.0955. The molecule has 0 saturated heterocycles. The molecule has 0 unspecified atom stereocenters. The summed E-state index contributed by atoms with van der Waals surface area (Å²) in [6.07, 6.45) is 3.19. The number of nitrogens with zero attached hydrogens (tertiary/aromatic N) is 1. The largest absolute Gasteiger partial charge is 0.493 e. The first kappa shape index (κ1) is 18.1. The maximum atomic E-state index is 12.1. The Hall–Kier alpha value is -3.28. The zero-order valence-electron chi connectivity index (χ0n) is 14.2. The molecule has 6 nitrogen and oxygen atoms in total. The van der Waals surface area contributed by atoms with Crippen molar-refractivity contribution in [1.82, 2.24) is 5.43 Å². The smallest absolute Gasteiger partial charge is 0.271 e. The van der Waals surface area contributed by atoms with Gasteiger partial charge < -0.3 is 14.2 Å². The molecule has 0 saturated carbocycles. The van der Waals surface area contributed by atoms with Gasteiger partial charge >= 0.3 is 0 Å². The van der Waals surface area contributed by atoms with E-state index in [1.807, 2.05) is 6.07 Å². The van der Waals surface area contributed by atoms with E-state index in [2.05, 4.69) is 17.1 Å². The Balaban J connectivity index is 1.97. The number of carbonyl (C=O) groups excluding carboxylic acids is 1. The van der Waals surface area contributed by atoms with E-state index in [0.717, 1.165) is 5.56 Å². The molecule has 0 spiro atoms. The van der Waals surface area contributed by atoms with Gasteiger partial charge in [-0.2, -0.15) is 5.10 Å². The number of hydrazone groups is 1. The van der Waals surface area contributed by atoms with Gasteiger partial charge in [0.05, 0.1) is 20.4 Å². The zero-order chi connectivity index (χ0) is 18.1. The van der Waals surface area contributed by atoms with E-state index in [0.29, 0.717) is 29.4 Å². The molecule has 25 heavy (non-hydrogen) atoms. The van der Waals surface area contributed by atoms with Crippen molar-refractivity contribution in [3.05, 3.63) is 66.2 Å². The number of carbonyl (C=O) groups is 1. The van der Waals surface area contributed by atoms with Crippen LogP contribution in [-0.2, 0) is 0 Å². The quantitative estimate of drug-likeness (QED) is 0.456. The molecule has 0 heterocycles. The third kappa shape index (κ3) is 5.10. The van der Waals surface area contributed by atoms with Crippen molar-refractivity contribution in [2.75, 3.05) is 20.8 Å². The summed E-state index contributed by atoms with van der Waals surface area (Å²) in [5.74, 6) is 1.58. The molecule has 2 aromatic rings. The topological polar surface area (TPSA) is 69.2 Å². The summed E-state index contributed by atoms with van der Waals surface area (Å²) < 4.78 is 15.8. The van der Waals surface area contributed by atoms with Crippen LogP contribution in [0.25, 0.3) is 0 Å². The fourth-order valence-corrected chi connectivity index (χ4v) is 2.02. The van der Waals surface area contributed by atoms with Crippen LogP contribution in [0, 0.1) is 0 Å². The van der Waals surface area contributed by atoms with Crippen LogP contribution in [0.3, 0.4) is 0 Å². The van der Waals surface area contributed by atoms with E-state index in [1.165, 1.54) is 6.21 Å². The van der Waals surface area contributed by atoms with E-state index in [-0.39, 0.29) is 5.91 Å². The van der Waals surface area contributed by atoms with Gasteiger partial charge in [-0.1, -0.05) is 12.7 Å². The number of nitrogens with one attached hydrogen (secondary N) is 1. The van der Waals surface area contributed by atoms with Crippen LogP contribution in [-0.4, -0.2) is 32.9 Å². The molecule has 0 aromatic heterocycles. The lowest BCUT2D eigenvalue weighted by Crippen LogP contribution is -2.17. The molecular weight excluding hydrogens is 320 g/mol. The Bertz CT molecular complexity index is 755. The minimum Gasteiger partial charge on any atom is -0.493 e. The molecule has 2 rings (SSSR count). The van der Waals surface area contributed by atoms with Crippen LogP contribution < -0.4 is 19.6 Å². The molecule has 1 amide bonds. The lowest BCUT2D eigenvalue weighted by Gasteiger charge is -2.07. The summed E-state index contributed by atoms with van der Waals surface area (Å²) in [5, 5.41) is 3.96. The SMILES string of the molecule is C=CCOc1ccc(C(=O)NN=Cc2ccc(OC)c(OC)c2)cc1. The second kappa shape index (κ2) is 9.12. The number of hydrogen-bond donors (Lipinski definition) is 1. The van der Waals surface area contributed by atoms with Crippen molar-refractivity contribution in [3.63, 3.8) is 0 Å². The Morgan fingerprint density at radius 1 is 1.12 bits per heavy atom. The summed E-state index contributed by atoms with van der Waals surface area (Å²) in [7, 11) is 3.13. The maximum absolute atomic E-state index is 12.1. The van der Waals surface area contributed by atoms with Gasteiger partial charge in [-0.3, -0.25) is 4.79 Å². The van der Waals surface area contributed by atoms with Gasteiger partial charge in [-0.15, -0.1) is 0 Å². The van der Waals surface area contributed by atoms with Crippen molar-refractivity contribution in [1.29, 1.82) is 0 Å². The number of ether oxygens (including phenoxy) is 3. The number of methoxy groups -OCH3 is 2. The van der Waals surface area contributed by atoms with Crippen LogP contribution in [0.1, 0.15) is 15.9 Å². The fraction of sp³-hybridized carbons (Fsp3) is 0.158. The van der Waals surface area contributed by atoms with E-state index in [4.69, 9.17) is 14.2 Å². The Morgan fingerprint density at radius 3 is 2.48 bits per heavy atom.